The number of ketones is 2. The molecule has 0 spiro atoms. The number of aliphatic hydroxyl groups excluding tert-OH is 1. The maximum absolute atomic E-state index is 13.6. The number of Topliss-reactive ketones (excluding diaryl/α,β-unsaturated/α-hetero) is 2. The first-order chi connectivity index (χ1) is 13.6. The smallest absolute Gasteiger partial charge is 0.303 e. The molecule has 4 rings (SSSR count). The predicted molar refractivity (Wildman–Crippen MR) is 108 cm³/mol. The van der Waals surface area contributed by atoms with E-state index in [1.54, 1.807) is 0 Å². The van der Waals surface area contributed by atoms with Gasteiger partial charge in [-0.2, -0.15) is 0 Å². The maximum atomic E-state index is 13.6. The second kappa shape index (κ2) is 7.18. The van der Waals surface area contributed by atoms with Crippen LogP contribution in [0.2, 0.25) is 0 Å². The van der Waals surface area contributed by atoms with Crippen molar-refractivity contribution < 1.29 is 24.6 Å². The largest absolute Gasteiger partial charge is 0.481 e. The lowest BCUT2D eigenvalue weighted by Crippen LogP contribution is -2.60. The lowest BCUT2D eigenvalue weighted by atomic mass is 9.43. The third-order valence-electron chi connectivity index (χ3n) is 9.87. The van der Waals surface area contributed by atoms with Gasteiger partial charge in [0.05, 0.1) is 6.10 Å². The Kier molecular flexibility index (Phi) is 5.20. The van der Waals surface area contributed by atoms with E-state index in [2.05, 4.69) is 20.8 Å². The molecule has 0 aliphatic heterocycles. The van der Waals surface area contributed by atoms with Crippen LogP contribution in [-0.4, -0.2) is 33.9 Å². The van der Waals surface area contributed by atoms with E-state index >= 15 is 0 Å². The predicted octanol–water partition coefficient (Wildman–Crippen LogP) is 3.87. The molecule has 0 radical (unpaired) electrons. The quantitative estimate of drug-likeness (QED) is 0.742. The van der Waals surface area contributed by atoms with Gasteiger partial charge in [0, 0.05) is 30.6 Å². The molecule has 0 aromatic heterocycles. The van der Waals surface area contributed by atoms with E-state index in [-0.39, 0.29) is 53.4 Å². The van der Waals surface area contributed by atoms with Gasteiger partial charge in [0.25, 0.3) is 0 Å². The fourth-order valence-electron chi connectivity index (χ4n) is 8.13. The van der Waals surface area contributed by atoms with Crippen molar-refractivity contribution in [2.75, 3.05) is 0 Å². The van der Waals surface area contributed by atoms with Gasteiger partial charge in [-0.1, -0.05) is 20.8 Å². The summed E-state index contributed by atoms with van der Waals surface area (Å²) in [6, 6.07) is 0. The maximum Gasteiger partial charge on any atom is 0.303 e. The molecule has 2 N–H and O–H groups in total. The molecule has 4 aliphatic rings. The monoisotopic (exact) mass is 404 g/mol. The number of hydrogen-bond acceptors (Lipinski definition) is 4. The first-order valence-corrected chi connectivity index (χ1v) is 11.5. The first-order valence-electron chi connectivity index (χ1n) is 11.5. The Morgan fingerprint density at radius 1 is 1.14 bits per heavy atom. The third-order valence-corrected chi connectivity index (χ3v) is 9.87. The van der Waals surface area contributed by atoms with Gasteiger partial charge >= 0.3 is 5.97 Å². The summed E-state index contributed by atoms with van der Waals surface area (Å²) < 4.78 is 0. The molecule has 4 fully saturated rings. The summed E-state index contributed by atoms with van der Waals surface area (Å²) >= 11 is 0. The third kappa shape index (κ3) is 3.10. The SMILES string of the molecule is CC(CCC(=O)O)C1CC[C@H]2C3C(=O)C[C@@H]4CC(O)CC[C@]4(C)[C@H]3CC(=O)[C@]12C. The standard InChI is InChI=1S/C24H36O5/c1-13(4-7-21(28)29)16-5-6-17-22-18(12-20(27)24(16,17)3)23(2)9-8-15(25)10-14(23)11-19(22)26/h13-18,22,25H,4-12H2,1-3H3,(H,28,29)/t13?,14-,15?,16?,17-,18-,22?,23-,24+/m0/s1. The number of carbonyl (C=O) groups excluding carboxylic acids is 2. The fraction of sp³-hybridized carbons (Fsp3) is 0.875. The summed E-state index contributed by atoms with van der Waals surface area (Å²) in [6.45, 7) is 6.44. The van der Waals surface area contributed by atoms with Crippen LogP contribution in [0.25, 0.3) is 0 Å². The highest BCUT2D eigenvalue weighted by atomic mass is 16.4. The molecule has 0 amide bonds. The zero-order chi connectivity index (χ0) is 21.1. The highest BCUT2D eigenvalue weighted by molar-refractivity contribution is 5.92. The minimum Gasteiger partial charge on any atom is -0.481 e. The average Bonchev–Trinajstić information content (AvgIpc) is 3.01. The van der Waals surface area contributed by atoms with E-state index in [4.69, 9.17) is 5.11 Å². The number of rotatable bonds is 4. The van der Waals surface area contributed by atoms with Crippen LogP contribution in [-0.2, 0) is 14.4 Å². The van der Waals surface area contributed by atoms with Crippen LogP contribution >= 0.6 is 0 Å². The average molecular weight is 405 g/mol. The van der Waals surface area contributed by atoms with Crippen molar-refractivity contribution in [1.29, 1.82) is 0 Å². The van der Waals surface area contributed by atoms with Crippen LogP contribution in [0.15, 0.2) is 0 Å². The summed E-state index contributed by atoms with van der Waals surface area (Å²) in [5.41, 5.74) is -0.520. The van der Waals surface area contributed by atoms with Gasteiger partial charge in [-0.3, -0.25) is 14.4 Å². The molecule has 5 heteroatoms. The molecule has 162 valence electrons. The fourth-order valence-corrected chi connectivity index (χ4v) is 8.13. The molecule has 9 atom stereocenters. The zero-order valence-electron chi connectivity index (χ0n) is 18.0. The van der Waals surface area contributed by atoms with Crippen molar-refractivity contribution in [3.05, 3.63) is 0 Å². The van der Waals surface area contributed by atoms with Crippen molar-refractivity contribution in [3.63, 3.8) is 0 Å². The molecule has 0 saturated heterocycles. The first kappa shape index (κ1) is 21.0. The number of hydrogen-bond donors (Lipinski definition) is 2. The topological polar surface area (TPSA) is 91.7 Å². The van der Waals surface area contributed by atoms with Crippen LogP contribution < -0.4 is 0 Å². The van der Waals surface area contributed by atoms with Gasteiger partial charge < -0.3 is 10.2 Å². The van der Waals surface area contributed by atoms with Crippen molar-refractivity contribution in [1.82, 2.24) is 0 Å². The van der Waals surface area contributed by atoms with Crippen molar-refractivity contribution in [2.24, 2.45) is 46.3 Å². The number of aliphatic carboxylic acids is 1. The van der Waals surface area contributed by atoms with Gasteiger partial charge in [0.15, 0.2) is 0 Å². The van der Waals surface area contributed by atoms with E-state index in [0.29, 0.717) is 37.2 Å². The van der Waals surface area contributed by atoms with Crippen LogP contribution in [0, 0.1) is 46.3 Å². The molecule has 4 unspecified atom stereocenters. The van der Waals surface area contributed by atoms with Crippen LogP contribution in [0.1, 0.15) is 78.6 Å². The lowest BCUT2D eigenvalue weighted by Gasteiger charge is -2.59. The minimum atomic E-state index is -0.785. The summed E-state index contributed by atoms with van der Waals surface area (Å²) in [7, 11) is 0. The molecule has 0 aromatic carbocycles. The van der Waals surface area contributed by atoms with Crippen LogP contribution in [0.4, 0.5) is 0 Å². The number of aliphatic hydroxyl groups is 1. The van der Waals surface area contributed by atoms with Crippen molar-refractivity contribution >= 4 is 17.5 Å². The van der Waals surface area contributed by atoms with Gasteiger partial charge in [0.1, 0.15) is 11.6 Å². The Morgan fingerprint density at radius 3 is 2.55 bits per heavy atom. The minimum absolute atomic E-state index is 0.0260. The van der Waals surface area contributed by atoms with E-state index < -0.39 is 11.4 Å². The molecule has 4 saturated carbocycles. The number of carboxylic acid groups (broad SMARTS) is 1. The van der Waals surface area contributed by atoms with E-state index in [9.17, 15) is 19.5 Å². The van der Waals surface area contributed by atoms with Crippen molar-refractivity contribution in [3.8, 4) is 0 Å². The number of carboxylic acids is 1. The molecule has 0 aromatic rings. The van der Waals surface area contributed by atoms with E-state index in [0.717, 1.165) is 25.7 Å². The second-order valence-electron chi connectivity index (χ2n) is 11.0. The molecule has 0 bridgehead atoms. The Hall–Kier alpha value is -1.23. The summed E-state index contributed by atoms with van der Waals surface area (Å²) in [5, 5.41) is 19.2. The molecule has 4 aliphatic carbocycles. The molecule has 29 heavy (non-hydrogen) atoms. The highest BCUT2D eigenvalue weighted by Crippen LogP contribution is 2.66. The summed E-state index contributed by atoms with van der Waals surface area (Å²) in [4.78, 5) is 38.0. The Balaban J connectivity index is 1.62. The Labute approximate surface area is 173 Å². The Morgan fingerprint density at radius 2 is 1.86 bits per heavy atom. The van der Waals surface area contributed by atoms with Gasteiger partial charge in [-0.25, -0.2) is 0 Å². The second-order valence-corrected chi connectivity index (χ2v) is 11.0. The summed E-state index contributed by atoms with van der Waals surface area (Å²) in [6.07, 6.45) is 5.64. The van der Waals surface area contributed by atoms with E-state index in [1.165, 1.54) is 0 Å². The number of carbonyl (C=O) groups is 3. The molecular weight excluding hydrogens is 368 g/mol. The van der Waals surface area contributed by atoms with Gasteiger partial charge in [-0.05, 0) is 73.5 Å². The van der Waals surface area contributed by atoms with Gasteiger partial charge in [-0.15, -0.1) is 0 Å². The summed E-state index contributed by atoms with van der Waals surface area (Å²) in [5.74, 6) is 0.550. The van der Waals surface area contributed by atoms with Crippen LogP contribution in [0.5, 0.6) is 0 Å². The van der Waals surface area contributed by atoms with Gasteiger partial charge in [0.2, 0.25) is 0 Å². The van der Waals surface area contributed by atoms with E-state index in [1.807, 2.05) is 0 Å². The zero-order valence-corrected chi connectivity index (χ0v) is 18.0. The normalized spacial score (nSPS) is 47.9. The molecular formula is C24H36O5. The number of fused-ring (bicyclic) bond motifs is 5. The van der Waals surface area contributed by atoms with Crippen molar-refractivity contribution in [2.45, 2.75) is 84.7 Å². The highest BCUT2D eigenvalue weighted by Gasteiger charge is 2.66. The molecule has 5 nitrogen and oxygen atoms in total. The molecule has 0 heterocycles. The van der Waals surface area contributed by atoms with Crippen LogP contribution in [0.3, 0.4) is 0 Å². The lowest BCUT2D eigenvalue weighted by molar-refractivity contribution is -0.168. The Bertz CT molecular complexity index is 716.